The minimum atomic E-state index is -0.671. The van der Waals surface area contributed by atoms with Crippen molar-refractivity contribution in [1.82, 2.24) is 44.3 Å². The summed E-state index contributed by atoms with van der Waals surface area (Å²) in [5.74, 6) is -3.12. The van der Waals surface area contributed by atoms with Crippen LogP contribution in [0.4, 0.5) is 57.3 Å². The van der Waals surface area contributed by atoms with Crippen molar-refractivity contribution in [3.05, 3.63) is 251 Å². The number of pyridine rings is 3. The fourth-order valence-electron chi connectivity index (χ4n) is 10.3. The number of anilines is 6. The quantitative estimate of drug-likeness (QED) is 0.0387. The van der Waals surface area contributed by atoms with Crippen LogP contribution in [0.25, 0.3) is 67.2 Å². The molecule has 6 aromatic heterocycles. The molecule has 27 heteroatoms. The lowest BCUT2D eigenvalue weighted by Crippen LogP contribution is -2.20. The lowest BCUT2D eigenvalue weighted by Gasteiger charge is -2.11. The normalized spacial score (nSPS) is 10.7. The molecule has 0 radical (unpaired) electrons. The van der Waals surface area contributed by atoms with Gasteiger partial charge in [0, 0.05) is 113 Å². The van der Waals surface area contributed by atoms with Gasteiger partial charge in [-0.1, -0.05) is 89.0 Å². The zero-order chi connectivity index (χ0) is 72.7. The van der Waals surface area contributed by atoms with Crippen LogP contribution >= 0.6 is 11.6 Å². The van der Waals surface area contributed by atoms with Gasteiger partial charge in [-0.3, -0.25) is 43.4 Å². The predicted octanol–water partition coefficient (Wildman–Crippen LogP) is 15.0. The van der Waals surface area contributed by atoms with Gasteiger partial charge in [0.1, 0.15) is 40.0 Å². The predicted molar refractivity (Wildman–Crippen MR) is 392 cm³/mol. The summed E-state index contributed by atoms with van der Waals surface area (Å²) < 4.78 is 35.3. The van der Waals surface area contributed by atoms with Crippen molar-refractivity contribution in [1.29, 1.82) is 0 Å². The van der Waals surface area contributed by atoms with E-state index in [1.165, 1.54) is 36.8 Å². The van der Waals surface area contributed by atoms with Crippen LogP contribution in [0.1, 0.15) is 68.9 Å². The molecule has 9 amide bonds. The van der Waals surface area contributed by atoms with E-state index < -0.39 is 47.4 Å². The first-order valence-electron chi connectivity index (χ1n) is 31.9. The van der Waals surface area contributed by atoms with Gasteiger partial charge in [-0.15, -0.1) is 0 Å². The monoisotopic (exact) mass is 1390 g/mol. The first kappa shape index (κ1) is 71.5. The van der Waals surface area contributed by atoms with Gasteiger partial charge in [-0.25, -0.2) is 23.2 Å². The highest BCUT2D eigenvalue weighted by atomic mass is 35.5. The Labute approximate surface area is 589 Å². The Hall–Kier alpha value is -13.2. The van der Waals surface area contributed by atoms with Gasteiger partial charge in [-0.05, 0) is 156 Å². The van der Waals surface area contributed by atoms with E-state index in [1.54, 1.807) is 111 Å². The van der Waals surface area contributed by atoms with E-state index in [4.69, 9.17) is 28.8 Å². The summed E-state index contributed by atoms with van der Waals surface area (Å²) in [6.07, 6.45) is 9.90. The summed E-state index contributed by atoms with van der Waals surface area (Å²) in [4.78, 5) is 84.2. The number of amides is 9. The zero-order valence-electron chi connectivity index (χ0n) is 56.0. The highest BCUT2D eigenvalue weighted by Crippen LogP contribution is 2.38. The van der Waals surface area contributed by atoms with Crippen molar-refractivity contribution >= 4 is 81.5 Å². The molecule has 12 aromatic rings. The van der Waals surface area contributed by atoms with Gasteiger partial charge in [0.05, 0.1) is 22.1 Å². The number of nitrogens with two attached hydrogens (primary N) is 3. The molecule has 12 rings (SSSR count). The average molecular weight is 1390 g/mol. The first-order chi connectivity index (χ1) is 49.0. The fraction of sp³-hybridized carbons (Fsp3) is 0.120. The summed E-state index contributed by atoms with van der Waals surface area (Å²) in [6.45, 7) is 13.5. The largest absolute Gasteiger partial charge is 0.364 e. The average Bonchev–Trinajstić information content (AvgIpc) is 1.64. The van der Waals surface area contributed by atoms with Crippen molar-refractivity contribution in [3.8, 4) is 67.2 Å². The molecule has 0 aliphatic rings. The number of nitrogens with zero attached hydrogens (tertiary/aromatic N) is 9. The number of primary amides is 3. The van der Waals surface area contributed by atoms with Gasteiger partial charge in [0.2, 0.25) is 0 Å². The molecule has 0 saturated heterocycles. The van der Waals surface area contributed by atoms with E-state index in [2.05, 4.69) is 62.1 Å². The summed E-state index contributed by atoms with van der Waals surface area (Å²) >= 11 is 6.37. The van der Waals surface area contributed by atoms with E-state index in [9.17, 15) is 33.2 Å². The maximum Gasteiger partial charge on any atom is 0.323 e. The summed E-state index contributed by atoms with van der Waals surface area (Å²) in [5, 5.41) is 30.3. The Morgan fingerprint density at radius 1 is 0.392 bits per heavy atom. The van der Waals surface area contributed by atoms with E-state index in [0.29, 0.717) is 97.9 Å². The van der Waals surface area contributed by atoms with Crippen LogP contribution in [0.2, 0.25) is 5.02 Å². The van der Waals surface area contributed by atoms with Crippen LogP contribution in [0.15, 0.2) is 201 Å². The number of carbonyl (C=O) groups excluding carboxylic acids is 6. The standard InChI is InChI=1S/C25H23ClN6O2.2C25H23FN6O2/c2*1-3-32-14-19(23(31-32)17-10-11-28-22(13-17)24(27)33)16-6-9-20(26)21(12-16)30-25(34)29-18-7-4-15(2)5-8-18;1-3-32-14-19(23(31-32)16-11-12-28-21(13-16)24(27)33)18-5-4-6-20(22(18)26)30-25(34)29-17-9-7-15(2)8-10-17/h3*4-14H,3H2,1-2H3,(H2,27,33)(H2,29,30,34). The maximum absolute atomic E-state index is 15.6. The maximum atomic E-state index is 15.6. The van der Waals surface area contributed by atoms with Gasteiger partial charge < -0.3 is 49.1 Å². The number of benzene rings is 6. The Bertz CT molecular complexity index is 4810. The van der Waals surface area contributed by atoms with Crippen molar-refractivity contribution in [2.75, 3.05) is 31.9 Å². The number of rotatable bonds is 18. The number of carbonyl (C=O) groups is 6. The molecule has 0 bridgehead atoms. The molecule has 0 aliphatic heterocycles. The highest BCUT2D eigenvalue weighted by Gasteiger charge is 2.23. The Kier molecular flexibility index (Phi) is 22.7. The van der Waals surface area contributed by atoms with Crippen LogP contribution in [0, 0.1) is 32.4 Å². The van der Waals surface area contributed by atoms with Crippen molar-refractivity contribution < 1.29 is 37.5 Å². The number of hydrogen-bond acceptors (Lipinski definition) is 12. The molecular weight excluding hydrogens is 1320 g/mol. The molecule has 24 nitrogen and oxygen atoms in total. The molecule has 516 valence electrons. The zero-order valence-corrected chi connectivity index (χ0v) is 56.8. The molecule has 6 heterocycles. The third kappa shape index (κ3) is 17.9. The van der Waals surface area contributed by atoms with Crippen LogP contribution in [-0.4, -0.2) is 80.1 Å². The van der Waals surface area contributed by atoms with Crippen molar-refractivity contribution in [2.45, 2.75) is 61.2 Å². The number of urea groups is 3. The van der Waals surface area contributed by atoms with Gasteiger partial charge >= 0.3 is 18.1 Å². The Morgan fingerprint density at radius 2 is 0.745 bits per heavy atom. The third-order valence-electron chi connectivity index (χ3n) is 15.6. The molecule has 12 N–H and O–H groups in total. The summed E-state index contributed by atoms with van der Waals surface area (Å²) in [7, 11) is 0. The molecule has 0 spiro atoms. The van der Waals surface area contributed by atoms with Crippen LogP contribution in [-0.2, 0) is 19.6 Å². The molecule has 0 atom stereocenters. The number of hydrogen-bond donors (Lipinski definition) is 9. The summed E-state index contributed by atoms with van der Waals surface area (Å²) in [5.41, 5.74) is 29.3. The topological polar surface area (TPSA) is 345 Å². The SMILES string of the molecule is CCn1cc(-c2ccc(Cl)c(NC(=O)Nc3ccc(C)cc3)c2)c(-c2ccnc(C(N)=O)c2)n1.CCn1cc(-c2ccc(F)c(NC(=O)Nc3ccc(C)cc3)c2)c(-c2ccnc(C(N)=O)c2)n1.CCn1cc(-c2cccc(NC(=O)Nc3ccc(C)cc3)c2F)c(-c2ccnc(C(N)=O)c2)n1. The molecule has 102 heavy (non-hydrogen) atoms. The third-order valence-corrected chi connectivity index (χ3v) is 16.0. The lowest BCUT2D eigenvalue weighted by molar-refractivity contribution is 0.0987. The van der Waals surface area contributed by atoms with Crippen LogP contribution in [0.3, 0.4) is 0 Å². The second-order valence-electron chi connectivity index (χ2n) is 23.0. The second-order valence-corrected chi connectivity index (χ2v) is 23.4. The van der Waals surface area contributed by atoms with Gasteiger partial charge in [-0.2, -0.15) is 15.3 Å². The van der Waals surface area contributed by atoms with E-state index in [-0.39, 0.29) is 34.0 Å². The van der Waals surface area contributed by atoms with Crippen LogP contribution in [0.5, 0.6) is 0 Å². The fourth-order valence-corrected chi connectivity index (χ4v) is 10.5. The van der Waals surface area contributed by atoms with E-state index >= 15 is 4.39 Å². The molecule has 6 aromatic carbocycles. The van der Waals surface area contributed by atoms with Crippen molar-refractivity contribution in [2.24, 2.45) is 17.2 Å². The molecular formula is C75H69ClF2N18O6. The van der Waals surface area contributed by atoms with E-state index in [1.807, 2.05) is 109 Å². The molecule has 0 fully saturated rings. The number of nitrogens with one attached hydrogen (secondary N) is 6. The van der Waals surface area contributed by atoms with Crippen molar-refractivity contribution in [3.63, 3.8) is 0 Å². The molecule has 0 unspecified atom stereocenters. The number of aromatic nitrogens is 9. The smallest absolute Gasteiger partial charge is 0.323 e. The number of halogens is 3. The second kappa shape index (κ2) is 32.4. The highest BCUT2D eigenvalue weighted by molar-refractivity contribution is 6.34. The van der Waals surface area contributed by atoms with Gasteiger partial charge in [0.15, 0.2) is 5.82 Å². The van der Waals surface area contributed by atoms with E-state index in [0.717, 1.165) is 27.8 Å². The minimum Gasteiger partial charge on any atom is -0.364 e. The minimum absolute atomic E-state index is 0.0184. The van der Waals surface area contributed by atoms with Crippen LogP contribution < -0.4 is 49.1 Å². The first-order valence-corrected chi connectivity index (χ1v) is 32.2. The Morgan fingerprint density at radius 3 is 1.14 bits per heavy atom. The Balaban J connectivity index is 0.000000165. The summed E-state index contributed by atoms with van der Waals surface area (Å²) in [6, 6.07) is 44.8. The molecule has 0 saturated carbocycles. The lowest BCUT2D eigenvalue weighted by atomic mass is 10.0. The van der Waals surface area contributed by atoms with Gasteiger partial charge in [0.25, 0.3) is 17.7 Å². The molecule has 0 aliphatic carbocycles. The number of aryl methyl sites for hydroxylation is 6.